The summed E-state index contributed by atoms with van der Waals surface area (Å²) in [7, 11) is 1.67. The van der Waals surface area contributed by atoms with Gasteiger partial charge in [-0.3, -0.25) is 4.98 Å². The Kier molecular flexibility index (Phi) is 3.93. The third kappa shape index (κ3) is 2.81. The predicted octanol–water partition coefficient (Wildman–Crippen LogP) is 0.982. The van der Waals surface area contributed by atoms with E-state index in [9.17, 15) is 0 Å². The molecule has 0 unspecified atom stereocenters. The molecule has 1 atom stereocenters. The topological polar surface area (TPSA) is 47.5 Å². The number of anilines is 1. The number of halogens is 1. The summed E-state index contributed by atoms with van der Waals surface area (Å²) in [5, 5.41) is 0.410. The van der Waals surface area contributed by atoms with Crippen molar-refractivity contribution in [2.75, 3.05) is 38.3 Å². The van der Waals surface area contributed by atoms with Gasteiger partial charge in [0.2, 0.25) is 0 Å². The van der Waals surface area contributed by atoms with Crippen molar-refractivity contribution in [2.24, 2.45) is 0 Å². The third-order valence-corrected chi connectivity index (χ3v) is 2.59. The zero-order valence-corrected chi connectivity index (χ0v) is 9.85. The van der Waals surface area contributed by atoms with E-state index in [4.69, 9.17) is 21.1 Å². The van der Waals surface area contributed by atoms with Crippen molar-refractivity contribution in [1.29, 1.82) is 0 Å². The van der Waals surface area contributed by atoms with Crippen molar-refractivity contribution in [2.45, 2.75) is 6.10 Å². The first-order chi connectivity index (χ1) is 7.79. The molecule has 0 bridgehead atoms. The highest BCUT2D eigenvalue weighted by Gasteiger charge is 2.21. The molecular weight excluding hydrogens is 230 g/mol. The summed E-state index contributed by atoms with van der Waals surface area (Å²) in [4.78, 5) is 10.3. The predicted molar refractivity (Wildman–Crippen MR) is 60.9 cm³/mol. The quantitative estimate of drug-likeness (QED) is 0.792. The number of ether oxygens (including phenoxy) is 2. The van der Waals surface area contributed by atoms with E-state index >= 15 is 0 Å². The van der Waals surface area contributed by atoms with E-state index in [1.54, 1.807) is 13.3 Å². The van der Waals surface area contributed by atoms with E-state index < -0.39 is 0 Å². The maximum Gasteiger partial charge on any atom is 0.149 e. The summed E-state index contributed by atoms with van der Waals surface area (Å²) in [6.07, 6.45) is 3.32. The van der Waals surface area contributed by atoms with Gasteiger partial charge in [-0.15, -0.1) is 0 Å². The Bertz CT molecular complexity index is 349. The Hall–Kier alpha value is -0.910. The van der Waals surface area contributed by atoms with E-state index in [1.165, 1.54) is 6.20 Å². The first-order valence-electron chi connectivity index (χ1n) is 5.12. The maximum atomic E-state index is 5.81. The average Bonchev–Trinajstić information content (AvgIpc) is 2.30. The van der Waals surface area contributed by atoms with Crippen LogP contribution in [0.5, 0.6) is 0 Å². The molecule has 0 N–H and O–H groups in total. The molecule has 0 saturated carbocycles. The van der Waals surface area contributed by atoms with Crippen LogP contribution in [0.3, 0.4) is 0 Å². The molecule has 1 aromatic rings. The Morgan fingerprint density at radius 3 is 3.25 bits per heavy atom. The van der Waals surface area contributed by atoms with Gasteiger partial charge in [0.1, 0.15) is 11.0 Å². The molecule has 5 nitrogen and oxygen atoms in total. The van der Waals surface area contributed by atoms with Gasteiger partial charge in [0.05, 0.1) is 31.7 Å². The van der Waals surface area contributed by atoms with Gasteiger partial charge in [-0.2, -0.15) is 0 Å². The number of nitrogens with zero attached hydrogens (tertiary/aromatic N) is 3. The second-order valence-electron chi connectivity index (χ2n) is 3.59. The molecule has 0 amide bonds. The normalized spacial score (nSPS) is 21.1. The minimum absolute atomic E-state index is 0.0829. The highest BCUT2D eigenvalue weighted by molar-refractivity contribution is 6.29. The van der Waals surface area contributed by atoms with Crippen molar-refractivity contribution in [3.05, 3.63) is 17.5 Å². The SMILES string of the molecule is COC[C@@H]1CN(c2cncc(Cl)n2)CCO1. The molecule has 16 heavy (non-hydrogen) atoms. The van der Waals surface area contributed by atoms with E-state index in [0.717, 1.165) is 18.9 Å². The summed E-state index contributed by atoms with van der Waals surface area (Å²) in [5.74, 6) is 0.789. The third-order valence-electron chi connectivity index (χ3n) is 2.41. The van der Waals surface area contributed by atoms with Crippen molar-refractivity contribution >= 4 is 17.4 Å². The maximum absolute atomic E-state index is 5.81. The Labute approximate surface area is 99.3 Å². The molecular formula is C10H14ClN3O2. The second-order valence-corrected chi connectivity index (χ2v) is 3.98. The molecule has 0 aromatic carbocycles. The summed E-state index contributed by atoms with van der Waals surface area (Å²) in [6, 6.07) is 0. The number of hydrogen-bond donors (Lipinski definition) is 0. The van der Waals surface area contributed by atoms with Crippen LogP contribution in [0.4, 0.5) is 5.82 Å². The first kappa shape index (κ1) is 11.6. The molecule has 1 saturated heterocycles. The standard InChI is InChI=1S/C10H14ClN3O2/c1-15-7-8-6-14(2-3-16-8)10-5-12-4-9(11)13-10/h4-5,8H,2-3,6-7H2,1H3/t8-/m0/s1. The molecule has 88 valence electrons. The van der Waals surface area contributed by atoms with E-state index in [0.29, 0.717) is 18.4 Å². The van der Waals surface area contributed by atoms with Crippen LogP contribution in [0.15, 0.2) is 12.4 Å². The van der Waals surface area contributed by atoms with Crippen LogP contribution in [0.25, 0.3) is 0 Å². The fraction of sp³-hybridized carbons (Fsp3) is 0.600. The number of aromatic nitrogens is 2. The van der Waals surface area contributed by atoms with Gasteiger partial charge in [0.15, 0.2) is 0 Å². The zero-order chi connectivity index (χ0) is 11.4. The summed E-state index contributed by atoms with van der Waals surface area (Å²) in [5.41, 5.74) is 0. The second kappa shape index (κ2) is 5.43. The van der Waals surface area contributed by atoms with Crippen LogP contribution in [0.1, 0.15) is 0 Å². The largest absolute Gasteiger partial charge is 0.382 e. The number of methoxy groups -OCH3 is 1. The summed E-state index contributed by atoms with van der Waals surface area (Å²) in [6.45, 7) is 2.81. The lowest BCUT2D eigenvalue weighted by Gasteiger charge is -2.33. The van der Waals surface area contributed by atoms with Crippen molar-refractivity contribution in [3.63, 3.8) is 0 Å². The van der Waals surface area contributed by atoms with Crippen LogP contribution in [-0.2, 0) is 9.47 Å². The molecule has 1 aliphatic heterocycles. The molecule has 1 aromatic heterocycles. The number of hydrogen-bond acceptors (Lipinski definition) is 5. The van der Waals surface area contributed by atoms with Crippen LogP contribution in [0.2, 0.25) is 5.15 Å². The van der Waals surface area contributed by atoms with Crippen LogP contribution < -0.4 is 4.90 Å². The van der Waals surface area contributed by atoms with Crippen LogP contribution in [-0.4, -0.2) is 49.5 Å². The lowest BCUT2D eigenvalue weighted by Crippen LogP contribution is -2.44. The zero-order valence-electron chi connectivity index (χ0n) is 9.10. The number of morpholine rings is 1. The van der Waals surface area contributed by atoms with Gasteiger partial charge in [-0.05, 0) is 0 Å². The Balaban J connectivity index is 2.03. The van der Waals surface area contributed by atoms with Gasteiger partial charge in [-0.1, -0.05) is 11.6 Å². The smallest absolute Gasteiger partial charge is 0.149 e. The molecule has 2 rings (SSSR count). The molecule has 6 heteroatoms. The minimum atomic E-state index is 0.0829. The fourth-order valence-electron chi connectivity index (χ4n) is 1.70. The minimum Gasteiger partial charge on any atom is -0.382 e. The molecule has 1 fully saturated rings. The lowest BCUT2D eigenvalue weighted by atomic mass is 10.3. The van der Waals surface area contributed by atoms with Gasteiger partial charge in [-0.25, -0.2) is 4.98 Å². The Morgan fingerprint density at radius 2 is 2.50 bits per heavy atom. The molecule has 0 spiro atoms. The van der Waals surface area contributed by atoms with Crippen molar-refractivity contribution in [3.8, 4) is 0 Å². The highest BCUT2D eigenvalue weighted by atomic mass is 35.5. The fourth-order valence-corrected chi connectivity index (χ4v) is 1.84. The Morgan fingerprint density at radius 1 is 1.62 bits per heavy atom. The van der Waals surface area contributed by atoms with E-state index in [-0.39, 0.29) is 6.10 Å². The average molecular weight is 244 g/mol. The molecule has 0 aliphatic carbocycles. The monoisotopic (exact) mass is 243 g/mol. The van der Waals surface area contributed by atoms with Crippen molar-refractivity contribution in [1.82, 2.24) is 9.97 Å². The van der Waals surface area contributed by atoms with E-state index in [1.807, 2.05) is 0 Å². The van der Waals surface area contributed by atoms with E-state index in [2.05, 4.69) is 14.9 Å². The molecule has 0 radical (unpaired) electrons. The van der Waals surface area contributed by atoms with Gasteiger partial charge in [0, 0.05) is 20.2 Å². The van der Waals surface area contributed by atoms with Gasteiger partial charge >= 0.3 is 0 Å². The molecule has 2 heterocycles. The first-order valence-corrected chi connectivity index (χ1v) is 5.50. The van der Waals surface area contributed by atoms with Crippen molar-refractivity contribution < 1.29 is 9.47 Å². The van der Waals surface area contributed by atoms with Gasteiger partial charge < -0.3 is 14.4 Å². The number of rotatable bonds is 3. The summed E-state index contributed by atoms with van der Waals surface area (Å²) >= 11 is 5.81. The van der Waals surface area contributed by atoms with Gasteiger partial charge in [0.25, 0.3) is 0 Å². The van der Waals surface area contributed by atoms with Crippen LogP contribution in [0, 0.1) is 0 Å². The molecule has 1 aliphatic rings. The highest BCUT2D eigenvalue weighted by Crippen LogP contribution is 2.16. The van der Waals surface area contributed by atoms with Crippen LogP contribution >= 0.6 is 11.6 Å². The lowest BCUT2D eigenvalue weighted by molar-refractivity contribution is -0.0102. The summed E-state index contributed by atoms with van der Waals surface area (Å²) < 4.78 is 10.6.